The van der Waals surface area contributed by atoms with E-state index in [-0.39, 0.29) is 25.2 Å². The van der Waals surface area contributed by atoms with Crippen molar-refractivity contribution in [2.45, 2.75) is 26.9 Å². The number of ether oxygens (including phenoxy) is 2. The lowest BCUT2D eigenvalue weighted by atomic mass is 10.1. The highest BCUT2D eigenvalue weighted by Crippen LogP contribution is 2.26. The van der Waals surface area contributed by atoms with E-state index in [1.807, 2.05) is 17.5 Å². The molecule has 0 bridgehead atoms. The number of hydrogen-bond donors (Lipinski definition) is 1. The van der Waals surface area contributed by atoms with Gasteiger partial charge in [0.15, 0.2) is 0 Å². The molecule has 0 unspecified atom stereocenters. The number of oxazole rings is 1. The lowest BCUT2D eigenvalue weighted by molar-refractivity contribution is -0.144. The Morgan fingerprint density at radius 1 is 1.15 bits per heavy atom. The van der Waals surface area contributed by atoms with Gasteiger partial charge in [0.2, 0.25) is 5.89 Å². The van der Waals surface area contributed by atoms with Crippen molar-refractivity contribution in [3.63, 3.8) is 0 Å². The van der Waals surface area contributed by atoms with E-state index in [2.05, 4.69) is 10.3 Å². The van der Waals surface area contributed by atoms with Crippen LogP contribution in [0.5, 0.6) is 0 Å². The molecule has 0 atom stereocenters. The molecule has 0 fully saturated rings. The van der Waals surface area contributed by atoms with Gasteiger partial charge in [0.05, 0.1) is 23.6 Å². The van der Waals surface area contributed by atoms with Crippen molar-refractivity contribution in [1.29, 1.82) is 0 Å². The molecule has 4 rings (SSSR count). The van der Waals surface area contributed by atoms with Gasteiger partial charge in [0, 0.05) is 28.8 Å². The number of esters is 1. The summed E-state index contributed by atoms with van der Waals surface area (Å²) in [7, 11) is 0. The summed E-state index contributed by atoms with van der Waals surface area (Å²) in [6, 6.07) is 9.85. The third kappa shape index (κ3) is 5.29. The number of nitrogens with one attached hydrogen (secondary N) is 1. The fraction of sp³-hybridized carbons (Fsp3) is 0.217. The zero-order chi connectivity index (χ0) is 23.4. The van der Waals surface area contributed by atoms with E-state index in [1.165, 1.54) is 23.5 Å². The van der Waals surface area contributed by atoms with Crippen LogP contribution in [0.25, 0.3) is 21.7 Å². The number of benzene rings is 1. The molecule has 0 radical (unpaired) electrons. The molecule has 0 saturated carbocycles. The van der Waals surface area contributed by atoms with Crippen molar-refractivity contribution in [3.8, 4) is 10.8 Å². The van der Waals surface area contributed by atoms with Gasteiger partial charge in [0.25, 0.3) is 0 Å². The first-order valence-corrected chi connectivity index (χ1v) is 11.0. The summed E-state index contributed by atoms with van der Waals surface area (Å²) in [5.41, 5.74) is 1.02. The van der Waals surface area contributed by atoms with E-state index >= 15 is 0 Å². The SMILES string of the molecule is CCOC(=O)Nc1ccc2c(COC(=O)Cc3nc(-c4cccs4)oc3C)cc(=O)oc2c1. The maximum atomic E-state index is 12.4. The summed E-state index contributed by atoms with van der Waals surface area (Å²) in [5, 5.41) is 5.04. The molecule has 0 saturated heterocycles. The molecule has 33 heavy (non-hydrogen) atoms. The minimum atomic E-state index is -0.616. The van der Waals surface area contributed by atoms with Crippen molar-refractivity contribution in [1.82, 2.24) is 4.98 Å². The Hall–Kier alpha value is -3.92. The van der Waals surface area contributed by atoms with Crippen molar-refractivity contribution in [2.75, 3.05) is 11.9 Å². The van der Waals surface area contributed by atoms with Crippen LogP contribution in [0.15, 0.2) is 55.4 Å². The van der Waals surface area contributed by atoms with E-state index in [0.717, 1.165) is 4.88 Å². The Morgan fingerprint density at radius 3 is 2.76 bits per heavy atom. The first-order chi connectivity index (χ1) is 15.9. The standard InChI is InChI=1S/C23H20N2O7S/c1-3-29-23(28)24-15-6-7-16-14(9-21(27)32-18(16)10-15)12-30-20(26)11-17-13(2)31-22(25-17)19-5-4-8-33-19/h4-10H,3,11-12H2,1-2H3,(H,24,28). The summed E-state index contributed by atoms with van der Waals surface area (Å²) in [6.07, 6.45) is -0.678. The number of nitrogens with zero attached hydrogens (tertiary/aromatic N) is 1. The molecule has 1 amide bonds. The van der Waals surface area contributed by atoms with Crippen LogP contribution in [0.4, 0.5) is 10.5 Å². The van der Waals surface area contributed by atoms with Crippen LogP contribution >= 0.6 is 11.3 Å². The third-order valence-corrected chi connectivity index (χ3v) is 5.53. The molecule has 1 N–H and O–H groups in total. The summed E-state index contributed by atoms with van der Waals surface area (Å²) in [5.74, 6) is 0.498. The number of carbonyl (C=O) groups is 2. The van der Waals surface area contributed by atoms with E-state index in [0.29, 0.717) is 34.0 Å². The van der Waals surface area contributed by atoms with Crippen molar-refractivity contribution in [2.24, 2.45) is 0 Å². The Kier molecular flexibility index (Phi) is 6.55. The molecule has 170 valence electrons. The lowest BCUT2D eigenvalue weighted by Crippen LogP contribution is -2.13. The highest BCUT2D eigenvalue weighted by atomic mass is 32.1. The molecule has 0 spiro atoms. The van der Waals surface area contributed by atoms with Crippen LogP contribution in [0.1, 0.15) is 23.9 Å². The second-order valence-corrected chi connectivity index (χ2v) is 7.93. The highest BCUT2D eigenvalue weighted by Gasteiger charge is 2.17. The van der Waals surface area contributed by atoms with Gasteiger partial charge in [-0.1, -0.05) is 6.07 Å². The summed E-state index contributed by atoms with van der Waals surface area (Å²) >= 11 is 1.49. The molecule has 9 nitrogen and oxygen atoms in total. The van der Waals surface area contributed by atoms with Gasteiger partial charge < -0.3 is 18.3 Å². The molecule has 0 aliphatic heterocycles. The molecule has 1 aromatic carbocycles. The van der Waals surface area contributed by atoms with Crippen LogP contribution in [-0.2, 0) is 27.3 Å². The normalized spacial score (nSPS) is 10.8. The lowest BCUT2D eigenvalue weighted by Gasteiger charge is -2.09. The quantitative estimate of drug-likeness (QED) is 0.307. The zero-order valence-electron chi connectivity index (χ0n) is 17.9. The van der Waals surface area contributed by atoms with Crippen molar-refractivity contribution >= 4 is 40.1 Å². The van der Waals surface area contributed by atoms with Crippen molar-refractivity contribution in [3.05, 3.63) is 69.2 Å². The number of fused-ring (bicyclic) bond motifs is 1. The molecule has 3 aromatic heterocycles. The molecular formula is C23H20N2O7S. The fourth-order valence-corrected chi connectivity index (χ4v) is 3.80. The number of aromatic nitrogens is 1. The number of aryl methyl sites for hydroxylation is 1. The van der Waals surface area contributed by atoms with Gasteiger partial charge in [-0.2, -0.15) is 0 Å². The fourth-order valence-electron chi connectivity index (χ4n) is 3.16. The van der Waals surface area contributed by atoms with Crippen LogP contribution in [-0.4, -0.2) is 23.7 Å². The summed E-state index contributed by atoms with van der Waals surface area (Å²) in [6.45, 7) is 3.54. The van der Waals surface area contributed by atoms with Crippen LogP contribution in [0.2, 0.25) is 0 Å². The zero-order valence-corrected chi connectivity index (χ0v) is 18.7. The van der Waals surface area contributed by atoms with Gasteiger partial charge in [-0.25, -0.2) is 14.6 Å². The smallest absolute Gasteiger partial charge is 0.411 e. The maximum absolute atomic E-state index is 12.4. The molecule has 4 aromatic rings. The molecule has 3 heterocycles. The molecule has 10 heteroatoms. The Bertz CT molecular complexity index is 1360. The van der Waals surface area contributed by atoms with Gasteiger partial charge in [-0.15, -0.1) is 11.3 Å². The summed E-state index contributed by atoms with van der Waals surface area (Å²) in [4.78, 5) is 41.3. The van der Waals surface area contributed by atoms with Crippen molar-refractivity contribution < 1.29 is 27.9 Å². The first kappa shape index (κ1) is 22.3. The Labute approximate surface area is 192 Å². The second kappa shape index (κ2) is 9.70. The predicted octanol–water partition coefficient (Wildman–Crippen LogP) is 4.67. The average molecular weight is 468 g/mol. The largest absolute Gasteiger partial charge is 0.460 e. The number of amides is 1. The average Bonchev–Trinajstić information content (AvgIpc) is 3.42. The molecular weight excluding hydrogens is 448 g/mol. The van der Waals surface area contributed by atoms with E-state index in [9.17, 15) is 14.4 Å². The second-order valence-electron chi connectivity index (χ2n) is 6.98. The van der Waals surface area contributed by atoms with Crippen LogP contribution in [0.3, 0.4) is 0 Å². The van der Waals surface area contributed by atoms with Gasteiger partial charge >= 0.3 is 17.7 Å². The number of rotatable bonds is 7. The Balaban J connectivity index is 1.46. The molecule has 0 aliphatic rings. The predicted molar refractivity (Wildman–Crippen MR) is 121 cm³/mol. The Morgan fingerprint density at radius 2 is 2.00 bits per heavy atom. The van der Waals surface area contributed by atoms with E-state index in [1.54, 1.807) is 26.0 Å². The minimum Gasteiger partial charge on any atom is -0.460 e. The van der Waals surface area contributed by atoms with Crippen LogP contribution < -0.4 is 10.9 Å². The van der Waals surface area contributed by atoms with Gasteiger partial charge in [-0.3, -0.25) is 10.1 Å². The monoisotopic (exact) mass is 468 g/mol. The van der Waals surface area contributed by atoms with Gasteiger partial charge in [0.1, 0.15) is 18.0 Å². The first-order valence-electron chi connectivity index (χ1n) is 10.1. The number of anilines is 1. The highest BCUT2D eigenvalue weighted by molar-refractivity contribution is 7.13. The topological polar surface area (TPSA) is 121 Å². The maximum Gasteiger partial charge on any atom is 0.411 e. The van der Waals surface area contributed by atoms with Gasteiger partial charge in [-0.05, 0) is 37.4 Å². The third-order valence-electron chi connectivity index (χ3n) is 4.68. The number of thiophene rings is 1. The van der Waals surface area contributed by atoms with Crippen LogP contribution in [0, 0.1) is 6.92 Å². The van der Waals surface area contributed by atoms with E-state index in [4.69, 9.17) is 18.3 Å². The molecule has 0 aliphatic carbocycles. The number of hydrogen-bond acceptors (Lipinski definition) is 9. The summed E-state index contributed by atoms with van der Waals surface area (Å²) < 4.78 is 21.1. The minimum absolute atomic E-state index is 0.0618. The van der Waals surface area contributed by atoms with E-state index < -0.39 is 17.7 Å². The number of carbonyl (C=O) groups excluding carboxylic acids is 2.